The van der Waals surface area contributed by atoms with E-state index in [9.17, 15) is 4.79 Å². The Kier molecular flexibility index (Phi) is 4.58. The Morgan fingerprint density at radius 3 is 2.89 bits per heavy atom. The van der Waals surface area contributed by atoms with Gasteiger partial charge >= 0.3 is 0 Å². The second-order valence-corrected chi connectivity index (χ2v) is 4.78. The maximum absolute atomic E-state index is 11.9. The molecule has 0 aliphatic heterocycles. The van der Waals surface area contributed by atoms with Crippen molar-refractivity contribution in [3.05, 3.63) is 52.8 Å². The lowest BCUT2D eigenvalue weighted by molar-refractivity contribution is 0.0953. The van der Waals surface area contributed by atoms with E-state index in [2.05, 4.69) is 10.4 Å². The third-order valence-corrected chi connectivity index (χ3v) is 3.06. The van der Waals surface area contributed by atoms with E-state index in [1.54, 1.807) is 24.3 Å². The molecule has 2 rings (SSSR count). The summed E-state index contributed by atoms with van der Waals surface area (Å²) in [6.07, 6.45) is 4.63. The van der Waals surface area contributed by atoms with Gasteiger partial charge in [-0.2, -0.15) is 5.10 Å². The standard InChI is InChI=1S/C14H16ClN3O/c1-11-9-17-18(10-11)8-4-7-16-14(19)12-5-2-3-6-13(12)15/h2-3,5-6,9-10H,4,7-8H2,1H3,(H,16,19). The highest BCUT2D eigenvalue weighted by molar-refractivity contribution is 6.33. The van der Waals surface area contributed by atoms with Crippen LogP contribution in [-0.4, -0.2) is 22.2 Å². The van der Waals surface area contributed by atoms with E-state index in [-0.39, 0.29) is 5.91 Å². The second kappa shape index (κ2) is 6.38. The first-order chi connectivity index (χ1) is 9.16. The zero-order valence-electron chi connectivity index (χ0n) is 10.8. The van der Waals surface area contributed by atoms with Crippen LogP contribution in [0.15, 0.2) is 36.7 Å². The Balaban J connectivity index is 1.77. The number of nitrogens with one attached hydrogen (secondary N) is 1. The normalized spacial score (nSPS) is 10.4. The van der Waals surface area contributed by atoms with Crippen LogP contribution >= 0.6 is 11.6 Å². The topological polar surface area (TPSA) is 46.9 Å². The molecule has 19 heavy (non-hydrogen) atoms. The molecular formula is C14H16ClN3O. The van der Waals surface area contributed by atoms with Gasteiger partial charge in [-0.15, -0.1) is 0 Å². The Bertz CT molecular complexity index is 565. The molecule has 1 aromatic heterocycles. The second-order valence-electron chi connectivity index (χ2n) is 4.37. The summed E-state index contributed by atoms with van der Waals surface area (Å²) in [5, 5.41) is 7.51. The van der Waals surface area contributed by atoms with Crippen molar-refractivity contribution in [2.75, 3.05) is 6.54 Å². The van der Waals surface area contributed by atoms with Crippen molar-refractivity contribution in [3.8, 4) is 0 Å². The molecule has 1 amide bonds. The van der Waals surface area contributed by atoms with Gasteiger partial charge in [0.25, 0.3) is 5.91 Å². The molecule has 2 aromatic rings. The summed E-state index contributed by atoms with van der Waals surface area (Å²) in [6, 6.07) is 7.03. The van der Waals surface area contributed by atoms with E-state index >= 15 is 0 Å². The molecule has 1 aromatic carbocycles. The van der Waals surface area contributed by atoms with E-state index in [0.717, 1.165) is 18.5 Å². The number of halogens is 1. The Morgan fingerprint density at radius 2 is 2.21 bits per heavy atom. The molecule has 0 bridgehead atoms. The number of hydrogen-bond acceptors (Lipinski definition) is 2. The third-order valence-electron chi connectivity index (χ3n) is 2.73. The van der Waals surface area contributed by atoms with Gasteiger partial charge in [0.05, 0.1) is 16.8 Å². The van der Waals surface area contributed by atoms with Crippen molar-refractivity contribution in [2.45, 2.75) is 19.9 Å². The van der Waals surface area contributed by atoms with E-state index in [1.165, 1.54) is 0 Å². The Morgan fingerprint density at radius 1 is 1.42 bits per heavy atom. The number of nitrogens with zero attached hydrogens (tertiary/aromatic N) is 2. The van der Waals surface area contributed by atoms with Gasteiger partial charge in [0.2, 0.25) is 0 Å². The SMILES string of the molecule is Cc1cnn(CCCNC(=O)c2ccccc2Cl)c1. The molecule has 0 saturated carbocycles. The summed E-state index contributed by atoms with van der Waals surface area (Å²) in [7, 11) is 0. The highest BCUT2D eigenvalue weighted by atomic mass is 35.5. The fraction of sp³-hybridized carbons (Fsp3) is 0.286. The van der Waals surface area contributed by atoms with Gasteiger partial charge in [0, 0.05) is 19.3 Å². The lowest BCUT2D eigenvalue weighted by Gasteiger charge is -2.06. The summed E-state index contributed by atoms with van der Waals surface area (Å²) >= 11 is 5.96. The predicted octanol–water partition coefficient (Wildman–Crippen LogP) is 2.67. The van der Waals surface area contributed by atoms with Crippen molar-refractivity contribution in [1.82, 2.24) is 15.1 Å². The third kappa shape index (κ3) is 3.83. The molecule has 0 radical (unpaired) electrons. The fourth-order valence-electron chi connectivity index (χ4n) is 1.77. The molecule has 1 heterocycles. The minimum Gasteiger partial charge on any atom is -0.352 e. The number of aromatic nitrogens is 2. The molecule has 0 unspecified atom stereocenters. The highest BCUT2D eigenvalue weighted by Gasteiger charge is 2.08. The zero-order valence-corrected chi connectivity index (χ0v) is 11.5. The van der Waals surface area contributed by atoms with Crippen LogP contribution in [0.25, 0.3) is 0 Å². The first-order valence-corrected chi connectivity index (χ1v) is 6.56. The summed E-state index contributed by atoms with van der Waals surface area (Å²) in [6.45, 7) is 3.39. The molecule has 4 nitrogen and oxygen atoms in total. The number of amides is 1. The van der Waals surface area contributed by atoms with Crippen LogP contribution in [0.4, 0.5) is 0 Å². The molecule has 0 fully saturated rings. The van der Waals surface area contributed by atoms with Crippen molar-refractivity contribution in [3.63, 3.8) is 0 Å². The van der Waals surface area contributed by atoms with Crippen LogP contribution < -0.4 is 5.32 Å². The number of benzene rings is 1. The first-order valence-electron chi connectivity index (χ1n) is 6.18. The molecule has 5 heteroatoms. The first kappa shape index (κ1) is 13.6. The highest BCUT2D eigenvalue weighted by Crippen LogP contribution is 2.14. The number of hydrogen-bond donors (Lipinski definition) is 1. The van der Waals surface area contributed by atoms with Crippen LogP contribution in [0, 0.1) is 6.92 Å². The van der Waals surface area contributed by atoms with Crippen LogP contribution in [0.5, 0.6) is 0 Å². The van der Waals surface area contributed by atoms with Gasteiger partial charge in [-0.3, -0.25) is 9.48 Å². The fourth-order valence-corrected chi connectivity index (χ4v) is 1.99. The molecule has 0 atom stereocenters. The van der Waals surface area contributed by atoms with Crippen LogP contribution in [0.3, 0.4) is 0 Å². The molecule has 0 aliphatic rings. The van der Waals surface area contributed by atoms with Gasteiger partial charge in [0.1, 0.15) is 0 Å². The quantitative estimate of drug-likeness (QED) is 0.854. The molecule has 0 saturated heterocycles. The predicted molar refractivity (Wildman–Crippen MR) is 75.4 cm³/mol. The Hall–Kier alpha value is -1.81. The molecular weight excluding hydrogens is 262 g/mol. The van der Waals surface area contributed by atoms with Crippen molar-refractivity contribution in [1.29, 1.82) is 0 Å². The number of rotatable bonds is 5. The minimum absolute atomic E-state index is 0.137. The molecule has 100 valence electrons. The monoisotopic (exact) mass is 277 g/mol. The number of aryl methyl sites for hydroxylation is 2. The van der Waals surface area contributed by atoms with Crippen LogP contribution in [0.1, 0.15) is 22.3 Å². The average molecular weight is 278 g/mol. The van der Waals surface area contributed by atoms with Gasteiger partial charge in [0.15, 0.2) is 0 Å². The van der Waals surface area contributed by atoms with Gasteiger partial charge < -0.3 is 5.32 Å². The largest absolute Gasteiger partial charge is 0.352 e. The maximum atomic E-state index is 11.9. The van der Waals surface area contributed by atoms with E-state index in [4.69, 9.17) is 11.6 Å². The summed E-state index contributed by atoms with van der Waals surface area (Å²) in [4.78, 5) is 11.9. The van der Waals surface area contributed by atoms with Gasteiger partial charge in [-0.05, 0) is 31.0 Å². The number of carbonyl (C=O) groups excluding carboxylic acids is 1. The Labute approximate surface area is 117 Å². The lowest BCUT2D eigenvalue weighted by atomic mass is 10.2. The molecule has 0 spiro atoms. The molecule has 1 N–H and O–H groups in total. The molecule has 0 aliphatic carbocycles. The van der Waals surface area contributed by atoms with Crippen molar-refractivity contribution >= 4 is 17.5 Å². The van der Waals surface area contributed by atoms with Crippen LogP contribution in [0.2, 0.25) is 5.02 Å². The van der Waals surface area contributed by atoms with Crippen molar-refractivity contribution < 1.29 is 4.79 Å². The minimum atomic E-state index is -0.137. The summed E-state index contributed by atoms with van der Waals surface area (Å²) < 4.78 is 1.87. The van der Waals surface area contributed by atoms with Gasteiger partial charge in [-0.25, -0.2) is 0 Å². The lowest BCUT2D eigenvalue weighted by Crippen LogP contribution is -2.25. The van der Waals surface area contributed by atoms with Crippen LogP contribution in [-0.2, 0) is 6.54 Å². The number of carbonyl (C=O) groups is 1. The van der Waals surface area contributed by atoms with E-state index < -0.39 is 0 Å². The summed E-state index contributed by atoms with van der Waals surface area (Å²) in [5.41, 5.74) is 1.65. The van der Waals surface area contributed by atoms with Crippen molar-refractivity contribution in [2.24, 2.45) is 0 Å². The van der Waals surface area contributed by atoms with Gasteiger partial charge in [-0.1, -0.05) is 23.7 Å². The maximum Gasteiger partial charge on any atom is 0.252 e. The van der Waals surface area contributed by atoms with E-state index in [1.807, 2.05) is 24.0 Å². The average Bonchev–Trinajstić information content (AvgIpc) is 2.81. The summed E-state index contributed by atoms with van der Waals surface area (Å²) in [5.74, 6) is -0.137. The van der Waals surface area contributed by atoms with E-state index in [0.29, 0.717) is 17.1 Å². The smallest absolute Gasteiger partial charge is 0.252 e. The zero-order chi connectivity index (χ0) is 13.7.